The Hall–Kier alpha value is -0.220. The zero-order valence-corrected chi connectivity index (χ0v) is 7.32. The lowest BCUT2D eigenvalue weighted by Crippen LogP contribution is -2.39. The summed E-state index contributed by atoms with van der Waals surface area (Å²) in [5.41, 5.74) is 0. The first-order valence-electron chi connectivity index (χ1n) is 4.43. The smallest absolute Gasteiger partial charge is 0.250 e. The van der Waals surface area contributed by atoms with E-state index in [1.165, 1.54) is 12.8 Å². The van der Waals surface area contributed by atoms with Crippen molar-refractivity contribution in [2.45, 2.75) is 38.3 Å². The second-order valence-electron chi connectivity index (χ2n) is 3.38. The molecule has 1 fully saturated rings. The number of nitrogens with one attached hydrogen (secondary N) is 2. The number of rotatable bonds is 6. The van der Waals surface area contributed by atoms with Crippen LogP contribution in [-0.2, 0) is 0 Å². The van der Waals surface area contributed by atoms with Gasteiger partial charge in [0.05, 0.1) is 6.54 Å². The van der Waals surface area contributed by atoms with Crippen molar-refractivity contribution in [2.75, 3.05) is 13.1 Å². The summed E-state index contributed by atoms with van der Waals surface area (Å²) in [6.07, 6.45) is 0.233. The summed E-state index contributed by atoms with van der Waals surface area (Å²) in [5.74, 6) is 0. The van der Waals surface area contributed by atoms with E-state index in [1.807, 2.05) is 6.92 Å². The topological polar surface area (TPSA) is 24.1 Å². The van der Waals surface area contributed by atoms with Crippen LogP contribution < -0.4 is 10.6 Å². The molecule has 1 aliphatic carbocycles. The highest BCUT2D eigenvalue weighted by molar-refractivity contribution is 4.82. The van der Waals surface area contributed by atoms with E-state index < -0.39 is 6.43 Å². The quantitative estimate of drug-likeness (QED) is 0.633. The first-order chi connectivity index (χ1) is 5.68. The van der Waals surface area contributed by atoms with Crippen LogP contribution in [0.4, 0.5) is 8.78 Å². The molecule has 2 nitrogen and oxygen atoms in total. The van der Waals surface area contributed by atoms with Gasteiger partial charge in [0, 0.05) is 18.6 Å². The van der Waals surface area contributed by atoms with E-state index in [0.29, 0.717) is 6.04 Å². The van der Waals surface area contributed by atoms with Gasteiger partial charge in [-0.3, -0.25) is 0 Å². The Balaban J connectivity index is 1.91. The van der Waals surface area contributed by atoms with E-state index in [1.54, 1.807) is 0 Å². The van der Waals surface area contributed by atoms with Crippen LogP contribution in [-0.4, -0.2) is 31.6 Å². The number of hydrogen-bond acceptors (Lipinski definition) is 2. The molecule has 0 heterocycles. The van der Waals surface area contributed by atoms with Crippen molar-refractivity contribution in [3.63, 3.8) is 0 Å². The Morgan fingerprint density at radius 3 is 2.50 bits per heavy atom. The molecule has 0 aromatic carbocycles. The maximum absolute atomic E-state index is 11.7. The van der Waals surface area contributed by atoms with Gasteiger partial charge in [0.1, 0.15) is 0 Å². The minimum atomic E-state index is -2.24. The lowest BCUT2D eigenvalue weighted by Gasteiger charge is -2.13. The van der Waals surface area contributed by atoms with Gasteiger partial charge in [0.15, 0.2) is 0 Å². The van der Waals surface area contributed by atoms with Gasteiger partial charge in [-0.1, -0.05) is 0 Å². The molecule has 0 saturated heterocycles. The highest BCUT2D eigenvalue weighted by atomic mass is 19.3. The fraction of sp³-hybridized carbons (Fsp3) is 1.00. The SMILES string of the molecule is CC(CNC1CC1)NCC(F)F. The van der Waals surface area contributed by atoms with Gasteiger partial charge >= 0.3 is 0 Å². The Labute approximate surface area is 71.7 Å². The largest absolute Gasteiger partial charge is 0.312 e. The summed E-state index contributed by atoms with van der Waals surface area (Å²) >= 11 is 0. The monoisotopic (exact) mass is 178 g/mol. The highest BCUT2D eigenvalue weighted by Gasteiger charge is 2.20. The molecular formula is C8H16F2N2. The van der Waals surface area contributed by atoms with E-state index in [0.717, 1.165) is 6.54 Å². The Morgan fingerprint density at radius 1 is 1.33 bits per heavy atom. The minimum absolute atomic E-state index is 0.139. The molecule has 1 saturated carbocycles. The molecule has 1 atom stereocenters. The van der Waals surface area contributed by atoms with Crippen LogP contribution >= 0.6 is 0 Å². The third kappa shape index (κ3) is 4.62. The number of hydrogen-bond donors (Lipinski definition) is 2. The summed E-state index contributed by atoms with van der Waals surface area (Å²) < 4.78 is 23.4. The number of halogens is 2. The van der Waals surface area contributed by atoms with E-state index in [2.05, 4.69) is 10.6 Å². The van der Waals surface area contributed by atoms with Crippen LogP contribution in [0.3, 0.4) is 0 Å². The summed E-state index contributed by atoms with van der Waals surface area (Å²) in [5, 5.41) is 6.03. The maximum Gasteiger partial charge on any atom is 0.250 e. The molecule has 1 aliphatic rings. The van der Waals surface area contributed by atoms with E-state index in [-0.39, 0.29) is 12.6 Å². The van der Waals surface area contributed by atoms with Crippen molar-refractivity contribution in [3.05, 3.63) is 0 Å². The fourth-order valence-corrected chi connectivity index (χ4v) is 0.993. The van der Waals surface area contributed by atoms with Gasteiger partial charge in [-0.2, -0.15) is 0 Å². The van der Waals surface area contributed by atoms with Gasteiger partial charge in [-0.15, -0.1) is 0 Å². The zero-order valence-electron chi connectivity index (χ0n) is 7.32. The Kier molecular flexibility index (Phi) is 3.88. The molecule has 0 aliphatic heterocycles. The lowest BCUT2D eigenvalue weighted by atomic mass is 10.3. The molecule has 0 aromatic rings. The molecule has 1 rings (SSSR count). The van der Waals surface area contributed by atoms with Crippen molar-refractivity contribution < 1.29 is 8.78 Å². The van der Waals surface area contributed by atoms with Gasteiger partial charge in [0.2, 0.25) is 0 Å². The standard InChI is InChI=1S/C8H16F2N2/c1-6(11-5-8(9)10)4-12-7-2-3-7/h6-8,11-12H,2-5H2,1H3. The van der Waals surface area contributed by atoms with Crippen LogP contribution in [0.5, 0.6) is 0 Å². The molecule has 0 bridgehead atoms. The molecule has 1 unspecified atom stereocenters. The molecule has 72 valence electrons. The van der Waals surface area contributed by atoms with E-state index in [9.17, 15) is 8.78 Å². The van der Waals surface area contributed by atoms with Crippen molar-refractivity contribution >= 4 is 0 Å². The van der Waals surface area contributed by atoms with Crippen LogP contribution in [0, 0.1) is 0 Å². The second-order valence-corrected chi connectivity index (χ2v) is 3.38. The highest BCUT2D eigenvalue weighted by Crippen LogP contribution is 2.18. The summed E-state index contributed by atoms with van der Waals surface area (Å²) in [4.78, 5) is 0. The van der Waals surface area contributed by atoms with Crippen molar-refractivity contribution in [1.29, 1.82) is 0 Å². The van der Waals surface area contributed by atoms with Crippen LogP contribution in [0.25, 0.3) is 0 Å². The van der Waals surface area contributed by atoms with Gasteiger partial charge in [-0.25, -0.2) is 8.78 Å². The molecule has 2 N–H and O–H groups in total. The second kappa shape index (κ2) is 4.72. The first-order valence-corrected chi connectivity index (χ1v) is 4.43. The van der Waals surface area contributed by atoms with E-state index in [4.69, 9.17) is 0 Å². The summed E-state index contributed by atoms with van der Waals surface area (Å²) in [6.45, 7) is 2.50. The predicted octanol–water partition coefficient (Wildman–Crippen LogP) is 0.982. The summed E-state index contributed by atoms with van der Waals surface area (Å²) in [7, 11) is 0. The molecule has 0 amide bonds. The molecule has 4 heteroatoms. The molecule has 0 radical (unpaired) electrons. The summed E-state index contributed by atoms with van der Waals surface area (Å²) in [6, 6.07) is 0.792. The van der Waals surface area contributed by atoms with Crippen LogP contribution in [0.15, 0.2) is 0 Å². The van der Waals surface area contributed by atoms with Crippen molar-refractivity contribution in [3.8, 4) is 0 Å². The van der Waals surface area contributed by atoms with Crippen LogP contribution in [0.1, 0.15) is 19.8 Å². The normalized spacial score (nSPS) is 20.0. The van der Waals surface area contributed by atoms with Gasteiger partial charge < -0.3 is 10.6 Å². The molecule has 0 aromatic heterocycles. The Morgan fingerprint density at radius 2 is 2.00 bits per heavy atom. The average Bonchev–Trinajstić information content (AvgIpc) is 2.80. The number of alkyl halides is 2. The van der Waals surface area contributed by atoms with E-state index >= 15 is 0 Å². The third-order valence-electron chi connectivity index (χ3n) is 1.91. The minimum Gasteiger partial charge on any atom is -0.312 e. The zero-order chi connectivity index (χ0) is 8.97. The molecule has 12 heavy (non-hydrogen) atoms. The maximum atomic E-state index is 11.7. The predicted molar refractivity (Wildman–Crippen MR) is 44.5 cm³/mol. The van der Waals surface area contributed by atoms with Crippen molar-refractivity contribution in [1.82, 2.24) is 10.6 Å². The molecule has 0 spiro atoms. The lowest BCUT2D eigenvalue weighted by molar-refractivity contribution is 0.142. The van der Waals surface area contributed by atoms with Crippen LogP contribution in [0.2, 0.25) is 0 Å². The molecular weight excluding hydrogens is 162 g/mol. The van der Waals surface area contributed by atoms with Crippen molar-refractivity contribution in [2.24, 2.45) is 0 Å². The third-order valence-corrected chi connectivity index (χ3v) is 1.91. The van der Waals surface area contributed by atoms with Gasteiger partial charge in [-0.05, 0) is 19.8 Å². The average molecular weight is 178 g/mol. The Bertz CT molecular complexity index is 120. The first kappa shape index (κ1) is 9.86. The van der Waals surface area contributed by atoms with Gasteiger partial charge in [0.25, 0.3) is 6.43 Å². The fourth-order valence-electron chi connectivity index (χ4n) is 0.993.